The predicted molar refractivity (Wildman–Crippen MR) is 107 cm³/mol. The van der Waals surface area contributed by atoms with Crippen LogP contribution in [0.3, 0.4) is 0 Å². The van der Waals surface area contributed by atoms with Crippen molar-refractivity contribution in [2.75, 3.05) is 24.3 Å². The molecule has 28 heavy (non-hydrogen) atoms. The van der Waals surface area contributed by atoms with Gasteiger partial charge >= 0.3 is 5.97 Å². The van der Waals surface area contributed by atoms with Crippen molar-refractivity contribution in [2.45, 2.75) is 11.8 Å². The number of methoxy groups -OCH3 is 1. The van der Waals surface area contributed by atoms with Crippen molar-refractivity contribution in [3.63, 3.8) is 0 Å². The number of esters is 1. The molecular formula is C18H20N6O3S. The minimum Gasteiger partial charge on any atom is -0.488 e. The Balaban J connectivity index is 1.80. The Hall–Kier alpha value is -3.27. The van der Waals surface area contributed by atoms with Crippen LogP contribution >= 0.6 is 11.8 Å². The summed E-state index contributed by atoms with van der Waals surface area (Å²) in [6, 6.07) is 7.59. The summed E-state index contributed by atoms with van der Waals surface area (Å²) in [4.78, 5) is 23.6. The van der Waals surface area contributed by atoms with E-state index in [1.54, 1.807) is 12.4 Å². The molecule has 0 fully saturated rings. The van der Waals surface area contributed by atoms with Gasteiger partial charge in [0.1, 0.15) is 18.2 Å². The summed E-state index contributed by atoms with van der Waals surface area (Å²) >= 11 is 1.31. The number of hydrogen-bond acceptors (Lipinski definition) is 9. The zero-order valence-corrected chi connectivity index (χ0v) is 16.3. The molecule has 0 amide bonds. The summed E-state index contributed by atoms with van der Waals surface area (Å²) in [6.45, 7) is 0.199. The maximum atomic E-state index is 11.4. The van der Waals surface area contributed by atoms with E-state index in [4.69, 9.17) is 16.2 Å². The van der Waals surface area contributed by atoms with E-state index in [9.17, 15) is 4.79 Å². The number of ether oxygens (including phenoxy) is 2. The number of anilines is 2. The number of carbonyl (C=O) groups is 1. The van der Waals surface area contributed by atoms with Crippen LogP contribution in [0.1, 0.15) is 5.56 Å². The zero-order chi connectivity index (χ0) is 20.1. The fraction of sp³-hybridized carbons (Fsp3) is 0.222. The Kier molecular flexibility index (Phi) is 5.99. The van der Waals surface area contributed by atoms with Crippen LogP contribution in [0.5, 0.6) is 5.75 Å². The average molecular weight is 400 g/mol. The first-order valence-electron chi connectivity index (χ1n) is 8.30. The second-order valence-electron chi connectivity index (χ2n) is 5.77. The molecule has 3 aromatic rings. The van der Waals surface area contributed by atoms with Crippen molar-refractivity contribution in [3.05, 3.63) is 42.2 Å². The third-order valence-electron chi connectivity index (χ3n) is 3.96. The molecule has 0 aliphatic carbocycles. The molecule has 0 radical (unpaired) electrons. The van der Waals surface area contributed by atoms with Crippen LogP contribution in [0.15, 0.2) is 41.8 Å². The van der Waals surface area contributed by atoms with E-state index in [2.05, 4.69) is 19.7 Å². The Morgan fingerprint density at radius 1 is 1.21 bits per heavy atom. The van der Waals surface area contributed by atoms with Crippen molar-refractivity contribution in [1.82, 2.24) is 19.5 Å². The molecule has 2 aromatic heterocycles. The number of carbonyl (C=O) groups excluding carboxylic acids is 1. The van der Waals surface area contributed by atoms with Crippen LogP contribution in [-0.4, -0.2) is 38.4 Å². The Morgan fingerprint density at radius 2 is 2.00 bits per heavy atom. The van der Waals surface area contributed by atoms with Crippen molar-refractivity contribution in [2.24, 2.45) is 7.05 Å². The number of nitrogen functional groups attached to an aromatic ring is 2. The second-order valence-corrected chi connectivity index (χ2v) is 6.72. The number of nitrogens with zero attached hydrogens (tertiary/aromatic N) is 4. The van der Waals surface area contributed by atoms with Crippen molar-refractivity contribution in [3.8, 4) is 17.0 Å². The van der Waals surface area contributed by atoms with Crippen LogP contribution in [0, 0.1) is 0 Å². The first-order chi connectivity index (χ1) is 13.5. The van der Waals surface area contributed by atoms with Crippen LogP contribution in [0.2, 0.25) is 0 Å². The third-order valence-corrected chi connectivity index (χ3v) is 4.97. The number of imidazole rings is 1. The highest BCUT2D eigenvalue weighted by Crippen LogP contribution is 2.32. The SMILES string of the molecule is COC(=O)CSc1ncc(-c2ccccc2OCc2cnc(N)nc2N)n1C. The molecule has 0 saturated carbocycles. The molecule has 2 heterocycles. The van der Waals surface area contributed by atoms with Crippen LogP contribution in [0.4, 0.5) is 11.8 Å². The number of nitrogens with two attached hydrogens (primary N) is 2. The lowest BCUT2D eigenvalue weighted by Gasteiger charge is -2.13. The van der Waals surface area contributed by atoms with Gasteiger partial charge in [-0.1, -0.05) is 23.9 Å². The van der Waals surface area contributed by atoms with Crippen molar-refractivity contribution >= 4 is 29.5 Å². The summed E-state index contributed by atoms with van der Waals surface area (Å²) < 4.78 is 12.5. The van der Waals surface area contributed by atoms with Gasteiger partial charge in [0.05, 0.1) is 30.3 Å². The number of para-hydroxylation sites is 1. The van der Waals surface area contributed by atoms with E-state index in [0.717, 1.165) is 11.3 Å². The standard InChI is InChI=1S/C18H20N6O3S/c1-24-13(8-22-18(24)28-10-15(25)26-2)12-5-3-4-6-14(12)27-9-11-7-21-17(20)23-16(11)19/h3-8H,9-10H2,1-2H3,(H4,19,20,21,23). The van der Waals surface area contributed by atoms with Crippen LogP contribution < -0.4 is 16.2 Å². The quantitative estimate of drug-likeness (QED) is 0.451. The van der Waals surface area contributed by atoms with Gasteiger partial charge in [-0.05, 0) is 12.1 Å². The molecule has 146 valence electrons. The Bertz CT molecular complexity index is 991. The highest BCUT2D eigenvalue weighted by Gasteiger charge is 2.15. The summed E-state index contributed by atoms with van der Waals surface area (Å²) in [6.07, 6.45) is 3.29. The van der Waals surface area contributed by atoms with Gasteiger partial charge in [0, 0.05) is 18.8 Å². The van der Waals surface area contributed by atoms with E-state index in [0.29, 0.717) is 16.5 Å². The van der Waals surface area contributed by atoms with Crippen LogP contribution in [0.25, 0.3) is 11.3 Å². The molecule has 0 spiro atoms. The van der Waals surface area contributed by atoms with Gasteiger partial charge in [-0.25, -0.2) is 9.97 Å². The largest absolute Gasteiger partial charge is 0.488 e. The number of thioether (sulfide) groups is 1. The normalized spacial score (nSPS) is 10.6. The molecule has 0 aliphatic rings. The monoisotopic (exact) mass is 400 g/mol. The molecule has 0 aliphatic heterocycles. The number of rotatable bonds is 7. The van der Waals surface area contributed by atoms with Gasteiger partial charge in [-0.3, -0.25) is 4.79 Å². The molecule has 3 rings (SSSR count). The molecule has 10 heteroatoms. The highest BCUT2D eigenvalue weighted by atomic mass is 32.2. The van der Waals surface area contributed by atoms with Gasteiger partial charge in [-0.15, -0.1) is 0 Å². The molecule has 0 bridgehead atoms. The van der Waals surface area contributed by atoms with Gasteiger partial charge in [0.25, 0.3) is 0 Å². The summed E-state index contributed by atoms with van der Waals surface area (Å²) in [5, 5.41) is 0.700. The smallest absolute Gasteiger partial charge is 0.316 e. The molecule has 9 nitrogen and oxygen atoms in total. The molecule has 0 atom stereocenters. The van der Waals surface area contributed by atoms with E-state index < -0.39 is 0 Å². The fourth-order valence-corrected chi connectivity index (χ4v) is 3.25. The second kappa shape index (κ2) is 8.61. The number of hydrogen-bond donors (Lipinski definition) is 2. The lowest BCUT2D eigenvalue weighted by Crippen LogP contribution is -2.07. The number of benzene rings is 1. The maximum absolute atomic E-state index is 11.4. The minimum absolute atomic E-state index is 0.119. The van der Waals surface area contributed by atoms with E-state index in [1.165, 1.54) is 18.9 Å². The van der Waals surface area contributed by atoms with Crippen LogP contribution in [-0.2, 0) is 23.2 Å². The highest BCUT2D eigenvalue weighted by molar-refractivity contribution is 7.99. The summed E-state index contributed by atoms with van der Waals surface area (Å²) in [7, 11) is 3.24. The third kappa shape index (κ3) is 4.34. The van der Waals surface area contributed by atoms with Gasteiger partial charge < -0.3 is 25.5 Å². The minimum atomic E-state index is -0.304. The topological polar surface area (TPSA) is 131 Å². The van der Waals surface area contributed by atoms with E-state index in [-0.39, 0.29) is 30.1 Å². The maximum Gasteiger partial charge on any atom is 0.316 e. The lowest BCUT2D eigenvalue weighted by molar-refractivity contribution is -0.137. The van der Waals surface area contributed by atoms with Gasteiger partial charge in [0.15, 0.2) is 5.16 Å². The van der Waals surface area contributed by atoms with Crippen molar-refractivity contribution < 1.29 is 14.3 Å². The first-order valence-corrected chi connectivity index (χ1v) is 9.28. The number of aromatic nitrogens is 4. The van der Waals surface area contributed by atoms with E-state index >= 15 is 0 Å². The lowest BCUT2D eigenvalue weighted by atomic mass is 10.1. The predicted octanol–water partition coefficient (Wildman–Crippen LogP) is 1.89. The molecule has 0 saturated heterocycles. The van der Waals surface area contributed by atoms with Gasteiger partial charge in [-0.2, -0.15) is 4.98 Å². The molecule has 0 unspecified atom stereocenters. The van der Waals surface area contributed by atoms with E-state index in [1.807, 2.05) is 35.9 Å². The first kappa shape index (κ1) is 19.5. The van der Waals surface area contributed by atoms with Crippen molar-refractivity contribution in [1.29, 1.82) is 0 Å². The average Bonchev–Trinajstić information content (AvgIpc) is 3.06. The molecule has 4 N–H and O–H groups in total. The summed E-state index contributed by atoms with van der Waals surface area (Å²) in [5.74, 6) is 0.948. The van der Waals surface area contributed by atoms with Gasteiger partial charge in [0.2, 0.25) is 5.95 Å². The Labute approximate surface area is 166 Å². The molecular weight excluding hydrogens is 380 g/mol. The Morgan fingerprint density at radius 3 is 2.75 bits per heavy atom. The zero-order valence-electron chi connectivity index (χ0n) is 15.5. The molecule has 1 aromatic carbocycles. The summed E-state index contributed by atoms with van der Waals surface area (Å²) in [5.41, 5.74) is 13.7. The fourth-order valence-electron chi connectivity index (χ4n) is 2.46.